The predicted molar refractivity (Wildman–Crippen MR) is 85.9 cm³/mol. The van der Waals surface area contributed by atoms with Crippen LogP contribution in [0.5, 0.6) is 0 Å². The number of fused-ring (bicyclic) bond motifs is 1. The molecule has 0 aliphatic heterocycles. The van der Waals surface area contributed by atoms with Crippen LogP contribution in [0.1, 0.15) is 10.4 Å². The molecule has 0 saturated carbocycles. The van der Waals surface area contributed by atoms with Gasteiger partial charge in [0.15, 0.2) is 0 Å². The number of pyridine rings is 1. The molecule has 1 aromatic heterocycles. The van der Waals surface area contributed by atoms with Crippen molar-refractivity contribution in [2.45, 2.75) is 4.90 Å². The first-order valence-corrected chi connectivity index (χ1v) is 7.79. The minimum Gasteiger partial charge on any atom is -0.478 e. The summed E-state index contributed by atoms with van der Waals surface area (Å²) in [6.07, 6.45) is 1.99. The van der Waals surface area contributed by atoms with Gasteiger partial charge in [-0.25, -0.2) is 14.2 Å². The Labute approximate surface area is 130 Å². The first-order chi connectivity index (χ1) is 10.6. The molecule has 1 heterocycles. The van der Waals surface area contributed by atoms with Crippen molar-refractivity contribution in [1.82, 2.24) is 4.98 Å². The zero-order valence-corrected chi connectivity index (χ0v) is 12.5. The zero-order chi connectivity index (χ0) is 15.7. The number of aromatic nitrogens is 1. The number of hydrogen-bond donors (Lipinski definition) is 1. The van der Waals surface area contributed by atoms with Crippen LogP contribution in [0.2, 0.25) is 0 Å². The zero-order valence-electron chi connectivity index (χ0n) is 11.7. The topological polar surface area (TPSA) is 50.2 Å². The molecule has 3 aromatic rings. The molecule has 0 amide bonds. The van der Waals surface area contributed by atoms with E-state index in [1.807, 2.05) is 30.5 Å². The summed E-state index contributed by atoms with van der Waals surface area (Å²) in [4.78, 5) is 17.0. The quantitative estimate of drug-likeness (QED) is 0.725. The van der Waals surface area contributed by atoms with E-state index in [2.05, 4.69) is 4.98 Å². The van der Waals surface area contributed by atoms with E-state index >= 15 is 0 Å². The van der Waals surface area contributed by atoms with Crippen molar-refractivity contribution >= 4 is 28.6 Å². The number of benzene rings is 2. The highest BCUT2D eigenvalue weighted by atomic mass is 32.2. The molecule has 0 aliphatic carbocycles. The van der Waals surface area contributed by atoms with Crippen molar-refractivity contribution in [2.75, 3.05) is 6.26 Å². The fourth-order valence-electron chi connectivity index (χ4n) is 2.28. The Morgan fingerprint density at radius 1 is 1.14 bits per heavy atom. The van der Waals surface area contributed by atoms with Crippen LogP contribution in [-0.4, -0.2) is 22.3 Å². The van der Waals surface area contributed by atoms with E-state index in [4.69, 9.17) is 0 Å². The summed E-state index contributed by atoms with van der Waals surface area (Å²) in [6.45, 7) is 0. The highest BCUT2D eigenvalue weighted by Crippen LogP contribution is 2.27. The van der Waals surface area contributed by atoms with Gasteiger partial charge in [0.1, 0.15) is 5.82 Å². The average molecular weight is 313 g/mol. The van der Waals surface area contributed by atoms with Crippen LogP contribution >= 0.6 is 11.8 Å². The Hall–Kier alpha value is -2.40. The van der Waals surface area contributed by atoms with Gasteiger partial charge in [-0.2, -0.15) is 0 Å². The van der Waals surface area contributed by atoms with Crippen molar-refractivity contribution in [1.29, 1.82) is 0 Å². The third-order valence-electron chi connectivity index (χ3n) is 3.39. The Kier molecular flexibility index (Phi) is 3.81. The average Bonchev–Trinajstić information content (AvgIpc) is 2.53. The van der Waals surface area contributed by atoms with Crippen molar-refractivity contribution in [3.05, 3.63) is 59.9 Å². The van der Waals surface area contributed by atoms with Crippen molar-refractivity contribution < 1.29 is 14.3 Å². The minimum absolute atomic E-state index is 0.0495. The molecule has 0 radical (unpaired) electrons. The summed E-state index contributed by atoms with van der Waals surface area (Å²) >= 11 is 1.63. The third kappa shape index (κ3) is 2.67. The number of carboxylic acid groups (broad SMARTS) is 1. The number of aromatic carboxylic acids is 1. The lowest BCUT2D eigenvalue weighted by atomic mass is 10.0. The summed E-state index contributed by atoms with van der Waals surface area (Å²) in [7, 11) is 0. The lowest BCUT2D eigenvalue weighted by Gasteiger charge is -2.08. The van der Waals surface area contributed by atoms with Crippen molar-refractivity contribution in [2.24, 2.45) is 0 Å². The monoisotopic (exact) mass is 313 g/mol. The Morgan fingerprint density at radius 3 is 2.50 bits per heavy atom. The fourth-order valence-corrected chi connectivity index (χ4v) is 2.69. The lowest BCUT2D eigenvalue weighted by molar-refractivity contribution is 0.0699. The van der Waals surface area contributed by atoms with Crippen molar-refractivity contribution in [3.63, 3.8) is 0 Å². The standard InChI is InChI=1S/C17H12FNO2S/c1-22-12-5-2-10(3-6-12)16-9-14(17(20)21)13-8-11(18)4-7-15(13)19-16/h2-9H,1H3,(H,20,21). The summed E-state index contributed by atoms with van der Waals surface area (Å²) in [6, 6.07) is 13.2. The van der Waals surface area contributed by atoms with Gasteiger partial charge >= 0.3 is 5.97 Å². The van der Waals surface area contributed by atoms with E-state index in [0.29, 0.717) is 16.6 Å². The summed E-state index contributed by atoms with van der Waals surface area (Å²) in [5.74, 6) is -1.58. The van der Waals surface area contributed by atoms with Crippen LogP contribution in [0.3, 0.4) is 0 Å². The molecule has 0 spiro atoms. The molecule has 110 valence electrons. The Balaban J connectivity index is 2.21. The number of carboxylic acids is 1. The lowest BCUT2D eigenvalue weighted by Crippen LogP contribution is -2.00. The number of carbonyl (C=O) groups is 1. The molecule has 1 N–H and O–H groups in total. The summed E-state index contributed by atoms with van der Waals surface area (Å²) < 4.78 is 13.4. The van der Waals surface area contributed by atoms with Gasteiger partial charge < -0.3 is 5.11 Å². The molecule has 5 heteroatoms. The van der Waals surface area contributed by atoms with Gasteiger partial charge in [-0.3, -0.25) is 0 Å². The van der Waals surface area contributed by atoms with Gasteiger partial charge in [0.25, 0.3) is 0 Å². The number of nitrogens with zero attached hydrogens (tertiary/aromatic N) is 1. The van der Waals surface area contributed by atoms with E-state index in [9.17, 15) is 14.3 Å². The summed E-state index contributed by atoms with van der Waals surface area (Å²) in [5, 5.41) is 9.68. The number of thioether (sulfide) groups is 1. The molecule has 3 nitrogen and oxygen atoms in total. The maximum absolute atomic E-state index is 13.4. The molecule has 0 saturated heterocycles. The minimum atomic E-state index is -1.10. The highest BCUT2D eigenvalue weighted by Gasteiger charge is 2.13. The first-order valence-electron chi connectivity index (χ1n) is 6.56. The smallest absolute Gasteiger partial charge is 0.336 e. The Morgan fingerprint density at radius 2 is 1.86 bits per heavy atom. The predicted octanol–water partition coefficient (Wildman–Crippen LogP) is 4.46. The largest absolute Gasteiger partial charge is 0.478 e. The van der Waals surface area contributed by atoms with E-state index in [-0.39, 0.29) is 5.56 Å². The van der Waals surface area contributed by atoms with Crippen LogP contribution < -0.4 is 0 Å². The van der Waals surface area contributed by atoms with E-state index in [1.165, 1.54) is 24.3 Å². The van der Waals surface area contributed by atoms with Crippen molar-refractivity contribution in [3.8, 4) is 11.3 Å². The van der Waals surface area contributed by atoms with Crippen LogP contribution in [0.15, 0.2) is 53.4 Å². The molecular weight excluding hydrogens is 301 g/mol. The molecule has 0 bridgehead atoms. The Bertz CT molecular complexity index is 862. The maximum Gasteiger partial charge on any atom is 0.336 e. The highest BCUT2D eigenvalue weighted by molar-refractivity contribution is 7.98. The molecule has 2 aromatic carbocycles. The second-order valence-electron chi connectivity index (χ2n) is 4.75. The normalized spacial score (nSPS) is 10.8. The van der Waals surface area contributed by atoms with Gasteiger partial charge in [-0.15, -0.1) is 11.8 Å². The molecule has 0 fully saturated rings. The third-order valence-corrected chi connectivity index (χ3v) is 4.13. The van der Waals surface area contributed by atoms with Gasteiger partial charge in [-0.05, 0) is 42.7 Å². The fraction of sp³-hybridized carbons (Fsp3) is 0.0588. The van der Waals surface area contributed by atoms with Crippen LogP contribution in [0.4, 0.5) is 4.39 Å². The number of halogens is 1. The first kappa shape index (κ1) is 14.5. The van der Waals surface area contributed by atoms with Gasteiger partial charge in [0, 0.05) is 15.8 Å². The second-order valence-corrected chi connectivity index (χ2v) is 5.63. The van der Waals surface area contributed by atoms with Gasteiger partial charge in [0.2, 0.25) is 0 Å². The van der Waals surface area contributed by atoms with Crippen LogP contribution in [0.25, 0.3) is 22.2 Å². The maximum atomic E-state index is 13.4. The molecule has 3 rings (SSSR count). The summed E-state index contributed by atoms with van der Waals surface area (Å²) in [5.41, 5.74) is 1.90. The van der Waals surface area contributed by atoms with Crippen LogP contribution in [-0.2, 0) is 0 Å². The number of rotatable bonds is 3. The second kappa shape index (κ2) is 5.77. The van der Waals surface area contributed by atoms with E-state index in [0.717, 1.165) is 10.5 Å². The SMILES string of the molecule is CSc1ccc(-c2cc(C(=O)O)c3cc(F)ccc3n2)cc1. The molecule has 0 atom stereocenters. The van der Waals surface area contributed by atoms with Crippen LogP contribution in [0, 0.1) is 5.82 Å². The molecular formula is C17H12FNO2S. The molecule has 22 heavy (non-hydrogen) atoms. The number of hydrogen-bond acceptors (Lipinski definition) is 3. The van der Waals surface area contributed by atoms with E-state index in [1.54, 1.807) is 11.8 Å². The van der Waals surface area contributed by atoms with Gasteiger partial charge in [-0.1, -0.05) is 12.1 Å². The molecule has 0 aliphatic rings. The van der Waals surface area contributed by atoms with E-state index < -0.39 is 11.8 Å². The van der Waals surface area contributed by atoms with Gasteiger partial charge in [0.05, 0.1) is 16.8 Å². The molecule has 0 unspecified atom stereocenters.